The molecule has 3 atom stereocenters. The second-order valence-corrected chi connectivity index (χ2v) is 10.2. The lowest BCUT2D eigenvalue weighted by Gasteiger charge is -2.34. The van der Waals surface area contributed by atoms with Gasteiger partial charge in [-0.1, -0.05) is 18.2 Å². The zero-order valence-corrected chi connectivity index (χ0v) is 21.2. The lowest BCUT2D eigenvalue weighted by atomic mass is 9.90. The Balaban J connectivity index is 1.28. The third-order valence-electron chi connectivity index (χ3n) is 7.40. The van der Waals surface area contributed by atoms with Crippen LogP contribution in [0.5, 0.6) is 23.0 Å². The van der Waals surface area contributed by atoms with Crippen molar-refractivity contribution in [3.05, 3.63) is 82.9 Å². The van der Waals surface area contributed by atoms with Crippen molar-refractivity contribution in [1.29, 1.82) is 0 Å². The van der Waals surface area contributed by atoms with Crippen LogP contribution in [0.4, 0.5) is 13.2 Å². The van der Waals surface area contributed by atoms with Crippen molar-refractivity contribution < 1.29 is 46.8 Å². The highest BCUT2D eigenvalue weighted by molar-refractivity contribution is 5.92. The number of halogens is 3. The summed E-state index contributed by atoms with van der Waals surface area (Å²) in [4.78, 5) is 25.0. The molecule has 0 bridgehead atoms. The van der Waals surface area contributed by atoms with E-state index in [9.17, 15) is 27.9 Å². The van der Waals surface area contributed by atoms with Crippen LogP contribution in [0, 0.1) is 0 Å². The third kappa shape index (κ3) is 4.76. The first-order valence-electron chi connectivity index (χ1n) is 12.6. The van der Waals surface area contributed by atoms with E-state index in [1.165, 1.54) is 24.3 Å². The lowest BCUT2D eigenvalue weighted by Crippen LogP contribution is -2.39. The number of amides is 1. The number of aromatic carboxylic acids is 1. The van der Waals surface area contributed by atoms with E-state index in [0.29, 0.717) is 36.0 Å². The maximum absolute atomic E-state index is 14.2. The maximum atomic E-state index is 14.2. The number of hydrogen-bond acceptors (Lipinski definition) is 6. The zero-order valence-electron chi connectivity index (χ0n) is 21.2. The van der Waals surface area contributed by atoms with Crippen LogP contribution in [-0.4, -0.2) is 29.6 Å². The summed E-state index contributed by atoms with van der Waals surface area (Å²) >= 11 is 0. The zero-order chi connectivity index (χ0) is 28.2. The molecule has 2 heterocycles. The van der Waals surface area contributed by atoms with Crippen molar-refractivity contribution in [2.45, 2.75) is 56.4 Å². The Bertz CT molecular complexity index is 1490. The topological polar surface area (TPSA) is 103 Å². The number of carbonyl (C=O) groups is 2. The predicted molar refractivity (Wildman–Crippen MR) is 133 cm³/mol. The second kappa shape index (κ2) is 9.35. The van der Waals surface area contributed by atoms with E-state index in [-0.39, 0.29) is 34.5 Å². The minimum atomic E-state index is -3.02. The molecule has 208 valence electrons. The predicted octanol–water partition coefficient (Wildman–Crippen LogP) is 5.81. The average Bonchev–Trinajstić information content (AvgIpc) is 3.65. The van der Waals surface area contributed by atoms with Crippen molar-refractivity contribution in [3.63, 3.8) is 0 Å². The highest BCUT2D eigenvalue weighted by Gasteiger charge is 2.53. The van der Waals surface area contributed by atoms with Gasteiger partial charge in [0.05, 0.1) is 17.0 Å². The van der Waals surface area contributed by atoms with Crippen LogP contribution in [0.25, 0.3) is 0 Å². The molecule has 40 heavy (non-hydrogen) atoms. The first-order chi connectivity index (χ1) is 19.0. The fourth-order valence-electron chi connectivity index (χ4n) is 5.26. The molecule has 0 radical (unpaired) electrons. The highest BCUT2D eigenvalue weighted by Crippen LogP contribution is 2.52. The fourth-order valence-corrected chi connectivity index (χ4v) is 5.26. The Hall–Kier alpha value is -4.41. The molecule has 8 nitrogen and oxygen atoms in total. The number of carbonyl (C=O) groups excluding carboxylic acids is 1. The van der Waals surface area contributed by atoms with Crippen molar-refractivity contribution >= 4 is 11.9 Å². The van der Waals surface area contributed by atoms with Gasteiger partial charge in [0, 0.05) is 25.0 Å². The number of carboxylic acid groups (broad SMARTS) is 1. The quantitative estimate of drug-likeness (QED) is 0.379. The van der Waals surface area contributed by atoms with Gasteiger partial charge in [-0.15, -0.1) is 0 Å². The highest BCUT2D eigenvalue weighted by atomic mass is 19.3. The number of alkyl halides is 3. The molecule has 1 unspecified atom stereocenters. The van der Waals surface area contributed by atoms with E-state index >= 15 is 0 Å². The molecule has 3 aliphatic rings. The van der Waals surface area contributed by atoms with Crippen LogP contribution in [-0.2, 0) is 10.2 Å². The molecule has 1 aliphatic carbocycles. The summed E-state index contributed by atoms with van der Waals surface area (Å²) < 4.78 is 60.9. The molecular formula is C29H24F3NO7. The Morgan fingerprint density at radius 2 is 1.73 bits per heavy atom. The molecule has 1 saturated carbocycles. The van der Waals surface area contributed by atoms with Gasteiger partial charge < -0.3 is 29.4 Å². The molecule has 0 saturated heterocycles. The van der Waals surface area contributed by atoms with E-state index in [1.54, 1.807) is 36.4 Å². The van der Waals surface area contributed by atoms with E-state index in [1.807, 2.05) is 0 Å². The van der Waals surface area contributed by atoms with E-state index in [4.69, 9.17) is 14.2 Å². The number of nitrogens with one attached hydrogen (secondary N) is 1. The smallest absolute Gasteiger partial charge is 0.404 e. The van der Waals surface area contributed by atoms with Gasteiger partial charge in [0.25, 0.3) is 0 Å². The van der Waals surface area contributed by atoms with E-state index in [2.05, 4.69) is 10.1 Å². The SMILES string of the molecule is CC1(F)Oc2ccc(C3(C(=O)N[C@@H]4C[C@H](c5ccc(C(=O)O)cc5)Oc5cc(OC(F)F)ccc54)CC3)cc2O1. The van der Waals surface area contributed by atoms with Crippen LogP contribution in [0.1, 0.15) is 65.4 Å². The number of hydrogen-bond donors (Lipinski definition) is 2. The van der Waals surface area contributed by atoms with E-state index in [0.717, 1.165) is 6.92 Å². The molecule has 11 heteroatoms. The van der Waals surface area contributed by atoms with Crippen molar-refractivity contribution in [2.75, 3.05) is 0 Å². The molecule has 2 N–H and O–H groups in total. The monoisotopic (exact) mass is 555 g/mol. The van der Waals surface area contributed by atoms with Crippen LogP contribution in [0.2, 0.25) is 0 Å². The standard InChI is InChI=1S/C29H24F3NO7/c1-28(32)39-21-9-6-17(12-24(21)40-28)29(10-11-29)26(36)33-20-14-22(15-2-4-16(5-3-15)25(34)35)38-23-13-18(37-27(30)31)7-8-19(20)23/h2-9,12-13,20,22,27H,10-11,14H2,1H3,(H,33,36)(H,34,35)/t20-,22-,28?/m1/s1. The molecule has 2 aliphatic heterocycles. The first kappa shape index (κ1) is 25.8. The van der Waals surface area contributed by atoms with Crippen LogP contribution in [0.15, 0.2) is 60.7 Å². The van der Waals surface area contributed by atoms with Crippen LogP contribution < -0.4 is 24.3 Å². The van der Waals surface area contributed by atoms with Gasteiger partial charge in [-0.3, -0.25) is 4.79 Å². The van der Waals surface area contributed by atoms with Crippen molar-refractivity contribution in [3.8, 4) is 23.0 Å². The minimum absolute atomic E-state index is 0.0976. The van der Waals surface area contributed by atoms with Crippen molar-refractivity contribution in [1.82, 2.24) is 5.32 Å². The van der Waals surface area contributed by atoms with Gasteiger partial charge in [-0.05, 0) is 60.4 Å². The van der Waals surface area contributed by atoms with Gasteiger partial charge in [0.15, 0.2) is 11.5 Å². The van der Waals surface area contributed by atoms with Crippen LogP contribution >= 0.6 is 0 Å². The normalized spacial score (nSPS) is 23.6. The molecule has 0 spiro atoms. The minimum Gasteiger partial charge on any atom is -0.485 e. The fraction of sp³-hybridized carbons (Fsp3) is 0.310. The Morgan fingerprint density at radius 3 is 2.40 bits per heavy atom. The van der Waals surface area contributed by atoms with Gasteiger partial charge >= 0.3 is 18.6 Å². The van der Waals surface area contributed by atoms with E-state index < -0.39 is 36.2 Å². The summed E-state index contributed by atoms with van der Waals surface area (Å²) in [5.74, 6) is -0.692. The third-order valence-corrected chi connectivity index (χ3v) is 7.40. The number of benzene rings is 3. The Morgan fingerprint density at radius 1 is 1.00 bits per heavy atom. The summed E-state index contributed by atoms with van der Waals surface area (Å²) in [6, 6.07) is 12.5. The van der Waals surface area contributed by atoms with Crippen LogP contribution in [0.3, 0.4) is 0 Å². The maximum Gasteiger partial charge on any atom is 0.404 e. The summed E-state index contributed by atoms with van der Waals surface area (Å²) in [7, 11) is 0. The lowest BCUT2D eigenvalue weighted by molar-refractivity contribution is -0.173. The molecule has 3 aromatic carbocycles. The molecule has 1 fully saturated rings. The summed E-state index contributed by atoms with van der Waals surface area (Å²) in [6.07, 6.45) is 0.841. The Kier molecular flexibility index (Phi) is 6.04. The Labute approximate surface area is 226 Å². The van der Waals surface area contributed by atoms with Gasteiger partial charge in [-0.2, -0.15) is 13.2 Å². The molecule has 6 rings (SSSR count). The molecule has 0 aromatic heterocycles. The number of carboxylic acids is 1. The second-order valence-electron chi connectivity index (χ2n) is 10.2. The van der Waals surface area contributed by atoms with Gasteiger partial charge in [0.1, 0.15) is 17.6 Å². The number of rotatable bonds is 7. The summed E-state index contributed by atoms with van der Waals surface area (Å²) in [5.41, 5.74) is 1.16. The average molecular weight is 556 g/mol. The molecule has 1 amide bonds. The van der Waals surface area contributed by atoms with Gasteiger partial charge in [0.2, 0.25) is 5.91 Å². The summed E-state index contributed by atoms with van der Waals surface area (Å²) in [6.45, 7) is -1.87. The molecular weight excluding hydrogens is 531 g/mol. The first-order valence-corrected chi connectivity index (χ1v) is 12.6. The largest absolute Gasteiger partial charge is 0.485 e. The molecule has 3 aromatic rings. The van der Waals surface area contributed by atoms with Gasteiger partial charge in [-0.25, -0.2) is 4.79 Å². The number of fused-ring (bicyclic) bond motifs is 2. The summed E-state index contributed by atoms with van der Waals surface area (Å²) in [5, 5.41) is 12.3. The van der Waals surface area contributed by atoms with Crippen molar-refractivity contribution in [2.24, 2.45) is 0 Å². The number of ether oxygens (including phenoxy) is 4.